The lowest BCUT2D eigenvalue weighted by atomic mass is 9.99. The summed E-state index contributed by atoms with van der Waals surface area (Å²) in [5.74, 6) is 1.71. The summed E-state index contributed by atoms with van der Waals surface area (Å²) < 4.78 is 0. The van der Waals surface area contributed by atoms with E-state index in [4.69, 9.17) is 0 Å². The summed E-state index contributed by atoms with van der Waals surface area (Å²) in [6.45, 7) is 8.17. The summed E-state index contributed by atoms with van der Waals surface area (Å²) in [5.41, 5.74) is 1.45. The fraction of sp³-hybridized carbons (Fsp3) is 0.533. The van der Waals surface area contributed by atoms with Crippen LogP contribution in [-0.4, -0.2) is 37.0 Å². The molecule has 0 bridgehead atoms. The van der Waals surface area contributed by atoms with E-state index in [9.17, 15) is 0 Å². The molecule has 0 amide bonds. The smallest absolute Gasteiger partial charge is 0.193 e. The Bertz CT molecular complexity index is 392. The highest BCUT2D eigenvalue weighted by molar-refractivity contribution is 14.0. The molecule has 19 heavy (non-hydrogen) atoms. The van der Waals surface area contributed by atoms with Crippen LogP contribution < -0.4 is 5.32 Å². The average molecular weight is 373 g/mol. The Morgan fingerprint density at radius 3 is 2.68 bits per heavy atom. The first kappa shape index (κ1) is 16.3. The highest BCUT2D eigenvalue weighted by Gasteiger charge is 2.25. The largest absolute Gasteiger partial charge is 0.357 e. The van der Waals surface area contributed by atoms with Crippen LogP contribution >= 0.6 is 24.0 Å². The number of nitrogens with zero attached hydrogens (tertiary/aromatic N) is 2. The number of likely N-dealkylation sites (tertiary alicyclic amines) is 1. The molecule has 1 aliphatic heterocycles. The maximum absolute atomic E-state index is 4.56. The quantitative estimate of drug-likeness (QED) is 0.501. The Hall–Kier alpha value is -0.780. The van der Waals surface area contributed by atoms with Crippen molar-refractivity contribution in [3.63, 3.8) is 0 Å². The summed E-state index contributed by atoms with van der Waals surface area (Å²) in [6, 6.07) is 10.8. The van der Waals surface area contributed by atoms with Crippen LogP contribution in [0.15, 0.2) is 35.3 Å². The second-order valence-electron chi connectivity index (χ2n) is 4.67. The molecule has 0 aliphatic carbocycles. The predicted molar refractivity (Wildman–Crippen MR) is 92.4 cm³/mol. The molecule has 1 aromatic carbocycles. The van der Waals surface area contributed by atoms with Gasteiger partial charge in [-0.15, -0.1) is 24.0 Å². The number of guanidine groups is 1. The Morgan fingerprint density at radius 2 is 2.05 bits per heavy atom. The highest BCUT2D eigenvalue weighted by Crippen LogP contribution is 2.26. The van der Waals surface area contributed by atoms with E-state index in [1.165, 1.54) is 12.0 Å². The van der Waals surface area contributed by atoms with Crippen LogP contribution in [0.5, 0.6) is 0 Å². The summed E-state index contributed by atoms with van der Waals surface area (Å²) >= 11 is 0. The van der Waals surface area contributed by atoms with Gasteiger partial charge in [-0.2, -0.15) is 0 Å². The van der Waals surface area contributed by atoms with Crippen LogP contribution in [-0.2, 0) is 0 Å². The minimum atomic E-state index is 0. The minimum Gasteiger partial charge on any atom is -0.357 e. The standard InChI is InChI=1S/C15H23N3.HI/c1-3-16-15(17-4-2)18-11-10-14(12-18)13-8-6-5-7-9-13;/h5-9,14H,3-4,10-12H2,1-2H3,(H,16,17);1H. The fourth-order valence-corrected chi connectivity index (χ4v) is 2.53. The van der Waals surface area contributed by atoms with Crippen LogP contribution in [0.1, 0.15) is 31.7 Å². The minimum absolute atomic E-state index is 0. The molecule has 1 saturated heterocycles. The van der Waals surface area contributed by atoms with E-state index >= 15 is 0 Å². The molecule has 1 atom stereocenters. The Balaban J connectivity index is 0.00000180. The Labute approximate surface area is 133 Å². The molecule has 1 N–H and O–H groups in total. The lowest BCUT2D eigenvalue weighted by molar-refractivity contribution is 0.487. The molecule has 4 heteroatoms. The molecule has 2 rings (SSSR count). The van der Waals surface area contributed by atoms with Gasteiger partial charge in [0.15, 0.2) is 5.96 Å². The lowest BCUT2D eigenvalue weighted by Gasteiger charge is -2.21. The van der Waals surface area contributed by atoms with E-state index in [1.54, 1.807) is 0 Å². The molecule has 0 aromatic heterocycles. The number of halogens is 1. The second-order valence-corrected chi connectivity index (χ2v) is 4.67. The molecule has 1 unspecified atom stereocenters. The van der Waals surface area contributed by atoms with Crippen LogP contribution in [0, 0.1) is 0 Å². The van der Waals surface area contributed by atoms with Crippen molar-refractivity contribution in [1.82, 2.24) is 10.2 Å². The van der Waals surface area contributed by atoms with Crippen molar-refractivity contribution in [3.05, 3.63) is 35.9 Å². The normalized spacial score (nSPS) is 19.2. The van der Waals surface area contributed by atoms with E-state index < -0.39 is 0 Å². The monoisotopic (exact) mass is 373 g/mol. The molecule has 3 nitrogen and oxygen atoms in total. The molecule has 106 valence electrons. The summed E-state index contributed by atoms with van der Waals surface area (Å²) in [4.78, 5) is 6.94. The molecule has 0 saturated carbocycles. The molecule has 0 spiro atoms. The van der Waals surface area contributed by atoms with Crippen molar-refractivity contribution < 1.29 is 0 Å². The van der Waals surface area contributed by atoms with Gasteiger partial charge in [0.05, 0.1) is 0 Å². The molecule has 0 radical (unpaired) electrons. The van der Waals surface area contributed by atoms with Gasteiger partial charge < -0.3 is 10.2 Å². The second kappa shape index (κ2) is 8.40. The van der Waals surface area contributed by atoms with Crippen LogP contribution in [0.2, 0.25) is 0 Å². The van der Waals surface area contributed by atoms with Gasteiger partial charge in [-0.1, -0.05) is 30.3 Å². The molecule has 1 fully saturated rings. The SMILES string of the molecule is CCN=C(NCC)N1CCC(c2ccccc2)C1.I. The summed E-state index contributed by atoms with van der Waals surface area (Å²) in [6.07, 6.45) is 1.22. The first-order valence-corrected chi connectivity index (χ1v) is 6.93. The molecule has 1 heterocycles. The van der Waals surface area contributed by atoms with Gasteiger partial charge in [0.2, 0.25) is 0 Å². The van der Waals surface area contributed by atoms with E-state index in [1.807, 2.05) is 0 Å². The van der Waals surface area contributed by atoms with E-state index in [2.05, 4.69) is 59.4 Å². The number of benzene rings is 1. The number of nitrogens with one attached hydrogen (secondary N) is 1. The van der Waals surface area contributed by atoms with E-state index in [0.717, 1.165) is 32.1 Å². The van der Waals surface area contributed by atoms with E-state index in [-0.39, 0.29) is 24.0 Å². The maximum atomic E-state index is 4.56. The van der Waals surface area contributed by atoms with Crippen LogP contribution in [0.25, 0.3) is 0 Å². The van der Waals surface area contributed by atoms with Gasteiger partial charge in [0.25, 0.3) is 0 Å². The van der Waals surface area contributed by atoms with Gasteiger partial charge in [0, 0.05) is 32.1 Å². The van der Waals surface area contributed by atoms with Crippen molar-refractivity contribution in [1.29, 1.82) is 0 Å². The topological polar surface area (TPSA) is 27.6 Å². The van der Waals surface area contributed by atoms with Gasteiger partial charge in [-0.25, -0.2) is 0 Å². The van der Waals surface area contributed by atoms with E-state index in [0.29, 0.717) is 5.92 Å². The Kier molecular flexibility index (Phi) is 7.20. The van der Waals surface area contributed by atoms with Gasteiger partial charge in [0.1, 0.15) is 0 Å². The molecule has 1 aliphatic rings. The zero-order valence-corrected chi connectivity index (χ0v) is 14.1. The molecular formula is C15H24IN3. The zero-order valence-electron chi connectivity index (χ0n) is 11.8. The van der Waals surface area contributed by atoms with Crippen LogP contribution in [0.4, 0.5) is 0 Å². The van der Waals surface area contributed by atoms with Gasteiger partial charge >= 0.3 is 0 Å². The number of hydrogen-bond donors (Lipinski definition) is 1. The molecule has 1 aromatic rings. The average Bonchev–Trinajstić information content (AvgIpc) is 2.89. The summed E-state index contributed by atoms with van der Waals surface area (Å²) in [7, 11) is 0. The number of hydrogen-bond acceptors (Lipinski definition) is 1. The predicted octanol–water partition coefficient (Wildman–Crippen LogP) is 3.08. The number of rotatable bonds is 3. The van der Waals surface area contributed by atoms with Crippen molar-refractivity contribution in [3.8, 4) is 0 Å². The molecular weight excluding hydrogens is 349 g/mol. The highest BCUT2D eigenvalue weighted by atomic mass is 127. The van der Waals surface area contributed by atoms with Crippen molar-refractivity contribution in [2.45, 2.75) is 26.2 Å². The van der Waals surface area contributed by atoms with Crippen LogP contribution in [0.3, 0.4) is 0 Å². The van der Waals surface area contributed by atoms with Gasteiger partial charge in [-0.05, 0) is 25.8 Å². The fourth-order valence-electron chi connectivity index (χ4n) is 2.53. The first-order valence-electron chi connectivity index (χ1n) is 6.93. The zero-order chi connectivity index (χ0) is 12.8. The van der Waals surface area contributed by atoms with Crippen molar-refractivity contribution in [2.75, 3.05) is 26.2 Å². The first-order chi connectivity index (χ1) is 8.85. The maximum Gasteiger partial charge on any atom is 0.193 e. The third kappa shape index (κ3) is 4.37. The van der Waals surface area contributed by atoms with Gasteiger partial charge in [-0.3, -0.25) is 4.99 Å². The van der Waals surface area contributed by atoms with Crippen molar-refractivity contribution >= 4 is 29.9 Å². The third-order valence-electron chi connectivity index (χ3n) is 3.40. The summed E-state index contributed by atoms with van der Waals surface area (Å²) in [5, 5.41) is 3.37. The third-order valence-corrected chi connectivity index (χ3v) is 3.40. The number of aliphatic imine (C=N–C) groups is 1. The lowest BCUT2D eigenvalue weighted by Crippen LogP contribution is -2.40. The van der Waals surface area contributed by atoms with Crippen molar-refractivity contribution in [2.24, 2.45) is 4.99 Å². The Morgan fingerprint density at radius 1 is 1.32 bits per heavy atom.